The largest absolute Gasteiger partial charge is 0.493 e. The lowest BCUT2D eigenvalue weighted by Crippen LogP contribution is -2.48. The summed E-state index contributed by atoms with van der Waals surface area (Å²) in [6, 6.07) is 6.81. The number of hydrazine groups is 1. The normalized spacial score (nSPS) is 13.3. The first-order chi connectivity index (χ1) is 11.0. The molecule has 1 saturated carbocycles. The van der Waals surface area contributed by atoms with Gasteiger partial charge >= 0.3 is 0 Å². The minimum atomic E-state index is -0.344. The van der Waals surface area contributed by atoms with Gasteiger partial charge in [-0.3, -0.25) is 20.4 Å². The second-order valence-electron chi connectivity index (χ2n) is 5.90. The minimum absolute atomic E-state index is 0.0591. The highest BCUT2D eigenvalue weighted by molar-refractivity contribution is 7.80. The Labute approximate surface area is 140 Å². The Balaban J connectivity index is 1.76. The maximum absolute atomic E-state index is 12.0. The van der Waals surface area contributed by atoms with E-state index in [4.69, 9.17) is 17.0 Å². The van der Waals surface area contributed by atoms with Crippen LogP contribution in [0.3, 0.4) is 0 Å². The van der Waals surface area contributed by atoms with Gasteiger partial charge < -0.3 is 10.1 Å². The molecule has 3 N–H and O–H groups in total. The fraction of sp³-hybridized carbons (Fsp3) is 0.438. The predicted molar refractivity (Wildman–Crippen MR) is 90.8 cm³/mol. The van der Waals surface area contributed by atoms with Crippen molar-refractivity contribution in [2.45, 2.75) is 26.7 Å². The molecule has 0 unspecified atom stereocenters. The molecule has 1 aliphatic rings. The van der Waals surface area contributed by atoms with Crippen LogP contribution in [0.15, 0.2) is 24.3 Å². The van der Waals surface area contributed by atoms with Crippen LogP contribution in [0.5, 0.6) is 5.75 Å². The van der Waals surface area contributed by atoms with Gasteiger partial charge in [-0.25, -0.2) is 0 Å². The number of nitrogens with one attached hydrogen (secondary N) is 3. The van der Waals surface area contributed by atoms with Crippen LogP contribution in [0.4, 0.5) is 0 Å². The minimum Gasteiger partial charge on any atom is -0.493 e. The number of hydrogen-bond acceptors (Lipinski definition) is 4. The fourth-order valence-corrected chi connectivity index (χ4v) is 1.89. The average molecular weight is 335 g/mol. The summed E-state index contributed by atoms with van der Waals surface area (Å²) in [5, 5.41) is 2.62. The summed E-state index contributed by atoms with van der Waals surface area (Å²) < 4.78 is 5.56. The molecule has 0 saturated heterocycles. The van der Waals surface area contributed by atoms with Crippen LogP contribution in [-0.2, 0) is 4.79 Å². The number of hydrogen-bond donors (Lipinski definition) is 3. The molecule has 0 atom stereocenters. The smallest absolute Gasteiger partial charge is 0.269 e. The van der Waals surface area contributed by atoms with Crippen molar-refractivity contribution >= 4 is 29.1 Å². The zero-order chi connectivity index (χ0) is 16.8. The van der Waals surface area contributed by atoms with Gasteiger partial charge in [0.15, 0.2) is 5.11 Å². The van der Waals surface area contributed by atoms with Crippen molar-refractivity contribution in [2.24, 2.45) is 11.8 Å². The summed E-state index contributed by atoms with van der Waals surface area (Å²) in [7, 11) is 0. The first-order valence-electron chi connectivity index (χ1n) is 7.59. The van der Waals surface area contributed by atoms with Gasteiger partial charge in [-0.05, 0) is 55.2 Å². The molecule has 0 bridgehead atoms. The average Bonchev–Trinajstić information content (AvgIpc) is 3.36. The van der Waals surface area contributed by atoms with E-state index in [2.05, 4.69) is 30.0 Å². The summed E-state index contributed by atoms with van der Waals surface area (Å²) in [4.78, 5) is 23.5. The summed E-state index contributed by atoms with van der Waals surface area (Å²) in [5.41, 5.74) is 5.43. The maximum atomic E-state index is 12.0. The van der Waals surface area contributed by atoms with Crippen LogP contribution in [0.25, 0.3) is 0 Å². The number of rotatable bonds is 5. The molecule has 2 rings (SSSR count). The third-order valence-electron chi connectivity index (χ3n) is 3.17. The molecule has 0 aliphatic heterocycles. The van der Waals surface area contributed by atoms with Crippen molar-refractivity contribution in [1.82, 2.24) is 16.2 Å². The van der Waals surface area contributed by atoms with Gasteiger partial charge in [-0.2, -0.15) is 0 Å². The number of thiocarbonyl (C=S) groups is 1. The van der Waals surface area contributed by atoms with E-state index in [0.29, 0.717) is 18.1 Å². The maximum Gasteiger partial charge on any atom is 0.269 e. The van der Waals surface area contributed by atoms with Gasteiger partial charge in [-0.15, -0.1) is 0 Å². The first kappa shape index (κ1) is 17.2. The van der Waals surface area contributed by atoms with Gasteiger partial charge in [0.25, 0.3) is 5.91 Å². The zero-order valence-corrected chi connectivity index (χ0v) is 14.0. The molecule has 23 heavy (non-hydrogen) atoms. The van der Waals surface area contributed by atoms with Crippen molar-refractivity contribution in [2.75, 3.05) is 6.61 Å². The van der Waals surface area contributed by atoms with Crippen molar-refractivity contribution in [3.05, 3.63) is 29.8 Å². The molecule has 7 heteroatoms. The van der Waals surface area contributed by atoms with E-state index >= 15 is 0 Å². The Kier molecular flexibility index (Phi) is 5.92. The van der Waals surface area contributed by atoms with Gasteiger partial charge in [0, 0.05) is 11.5 Å². The molecule has 1 aromatic rings. The zero-order valence-electron chi connectivity index (χ0n) is 13.2. The molecule has 1 fully saturated rings. The summed E-state index contributed by atoms with van der Waals surface area (Å²) in [5.74, 6) is 0.764. The van der Waals surface area contributed by atoms with E-state index in [0.717, 1.165) is 18.6 Å². The number of ether oxygens (including phenoxy) is 1. The summed E-state index contributed by atoms with van der Waals surface area (Å²) >= 11 is 4.95. The molecule has 0 heterocycles. The van der Waals surface area contributed by atoms with E-state index in [1.165, 1.54) is 0 Å². The van der Waals surface area contributed by atoms with Crippen molar-refractivity contribution in [3.8, 4) is 5.75 Å². The van der Waals surface area contributed by atoms with Crippen molar-refractivity contribution in [1.29, 1.82) is 0 Å². The highest BCUT2D eigenvalue weighted by Crippen LogP contribution is 2.28. The lowest BCUT2D eigenvalue weighted by molar-refractivity contribution is -0.120. The third kappa shape index (κ3) is 5.86. The molecular weight excluding hydrogens is 314 g/mol. The summed E-state index contributed by atoms with van der Waals surface area (Å²) in [6.45, 7) is 4.76. The van der Waals surface area contributed by atoms with E-state index in [9.17, 15) is 9.59 Å². The monoisotopic (exact) mass is 335 g/mol. The van der Waals surface area contributed by atoms with Gasteiger partial charge in [0.2, 0.25) is 5.91 Å². The van der Waals surface area contributed by atoms with Crippen LogP contribution in [-0.4, -0.2) is 23.5 Å². The fourth-order valence-electron chi connectivity index (χ4n) is 1.74. The number of carbonyl (C=O) groups excluding carboxylic acids is 2. The Bertz CT molecular complexity index is 583. The predicted octanol–water partition coefficient (Wildman–Crippen LogP) is 1.77. The van der Waals surface area contributed by atoms with Gasteiger partial charge in [0.05, 0.1) is 6.61 Å². The molecule has 0 aromatic heterocycles. The molecule has 1 aromatic carbocycles. The van der Waals surface area contributed by atoms with Crippen LogP contribution in [0.1, 0.15) is 37.0 Å². The van der Waals surface area contributed by atoms with E-state index in [1.54, 1.807) is 24.3 Å². The van der Waals surface area contributed by atoms with Crippen molar-refractivity contribution < 1.29 is 14.3 Å². The number of carbonyl (C=O) groups is 2. The second-order valence-corrected chi connectivity index (χ2v) is 6.31. The summed E-state index contributed by atoms with van der Waals surface area (Å²) in [6.07, 6.45) is 1.79. The van der Waals surface area contributed by atoms with Crippen LogP contribution >= 0.6 is 12.2 Å². The van der Waals surface area contributed by atoms with E-state index in [1.807, 2.05) is 0 Å². The topological polar surface area (TPSA) is 79.5 Å². The SMILES string of the molecule is CC(C)COc1ccc(C(=O)NNC(=S)NC(=O)C2CC2)cc1. The highest BCUT2D eigenvalue weighted by Gasteiger charge is 2.30. The quantitative estimate of drug-likeness (QED) is 0.564. The molecule has 1 aliphatic carbocycles. The Morgan fingerprint density at radius 3 is 2.43 bits per heavy atom. The Morgan fingerprint density at radius 1 is 1.22 bits per heavy atom. The van der Waals surface area contributed by atoms with Gasteiger partial charge in [-0.1, -0.05) is 13.8 Å². The standard InChI is InChI=1S/C16H21N3O3S/c1-10(2)9-22-13-7-5-12(6-8-13)15(21)18-19-16(23)17-14(20)11-3-4-11/h5-8,10-11H,3-4,9H2,1-2H3,(H,18,21)(H2,17,19,20,23). The molecule has 0 radical (unpaired) electrons. The lowest BCUT2D eigenvalue weighted by atomic mass is 10.2. The van der Waals surface area contributed by atoms with E-state index < -0.39 is 0 Å². The van der Waals surface area contributed by atoms with E-state index in [-0.39, 0.29) is 22.8 Å². The lowest BCUT2D eigenvalue weighted by Gasteiger charge is -2.11. The Hall–Kier alpha value is -2.15. The van der Waals surface area contributed by atoms with Crippen LogP contribution in [0, 0.1) is 11.8 Å². The molecule has 6 nitrogen and oxygen atoms in total. The third-order valence-corrected chi connectivity index (χ3v) is 3.38. The highest BCUT2D eigenvalue weighted by atomic mass is 32.1. The molecule has 2 amide bonds. The number of amides is 2. The second kappa shape index (κ2) is 7.92. The van der Waals surface area contributed by atoms with Crippen LogP contribution in [0.2, 0.25) is 0 Å². The van der Waals surface area contributed by atoms with Crippen molar-refractivity contribution in [3.63, 3.8) is 0 Å². The molecule has 0 spiro atoms. The first-order valence-corrected chi connectivity index (χ1v) is 8.00. The molecular formula is C16H21N3O3S. The Morgan fingerprint density at radius 2 is 1.87 bits per heavy atom. The van der Waals surface area contributed by atoms with Crippen LogP contribution < -0.4 is 20.9 Å². The van der Waals surface area contributed by atoms with Gasteiger partial charge in [0.1, 0.15) is 5.75 Å². The number of benzene rings is 1. The molecule has 124 valence electrons.